The Labute approximate surface area is 213 Å². The lowest BCUT2D eigenvalue weighted by Crippen LogP contribution is -2.50. The van der Waals surface area contributed by atoms with Gasteiger partial charge < -0.3 is 20.6 Å². The first kappa shape index (κ1) is 27.2. The predicted octanol–water partition coefficient (Wildman–Crippen LogP) is 4.38. The SMILES string of the molecule is C[C@H](Nc1cc(C(F)F)c(-c2sc(C(=O)N[C@@H]3CC[C@H]3O)nc2C(=O)N2CCC[C@@H]2C)cn1)C(F)(F)F. The van der Waals surface area contributed by atoms with Gasteiger partial charge in [-0.2, -0.15) is 13.2 Å². The van der Waals surface area contributed by atoms with Crippen molar-refractivity contribution in [2.45, 2.75) is 76.4 Å². The van der Waals surface area contributed by atoms with Crippen molar-refractivity contribution in [1.29, 1.82) is 0 Å². The molecule has 3 heterocycles. The van der Waals surface area contributed by atoms with Crippen molar-refractivity contribution in [3.8, 4) is 10.4 Å². The van der Waals surface area contributed by atoms with E-state index in [1.165, 1.54) is 0 Å². The van der Waals surface area contributed by atoms with E-state index in [9.17, 15) is 36.6 Å². The van der Waals surface area contributed by atoms with Crippen molar-refractivity contribution in [2.75, 3.05) is 11.9 Å². The number of alkyl halides is 5. The van der Waals surface area contributed by atoms with Crippen LogP contribution in [0.15, 0.2) is 12.3 Å². The van der Waals surface area contributed by atoms with Crippen LogP contribution in [0.2, 0.25) is 0 Å². The maximum absolute atomic E-state index is 14.1. The largest absolute Gasteiger partial charge is 0.408 e. The van der Waals surface area contributed by atoms with E-state index in [-0.39, 0.29) is 27.2 Å². The van der Waals surface area contributed by atoms with Crippen molar-refractivity contribution in [2.24, 2.45) is 0 Å². The van der Waals surface area contributed by atoms with Crippen molar-refractivity contribution in [3.63, 3.8) is 0 Å². The van der Waals surface area contributed by atoms with Crippen LogP contribution < -0.4 is 10.6 Å². The van der Waals surface area contributed by atoms with Crippen molar-refractivity contribution in [3.05, 3.63) is 28.5 Å². The van der Waals surface area contributed by atoms with Crippen LogP contribution in [0.5, 0.6) is 0 Å². The first-order chi connectivity index (χ1) is 17.4. The van der Waals surface area contributed by atoms with Gasteiger partial charge in [0.05, 0.1) is 17.0 Å². The summed E-state index contributed by atoms with van der Waals surface area (Å²) in [5, 5.41) is 14.3. The summed E-state index contributed by atoms with van der Waals surface area (Å²) in [6.07, 6.45) is -4.89. The molecule has 1 saturated heterocycles. The zero-order chi connectivity index (χ0) is 27.1. The molecular weight excluding hydrogens is 521 g/mol. The van der Waals surface area contributed by atoms with Gasteiger partial charge in [0.15, 0.2) is 5.01 Å². The highest BCUT2D eigenvalue weighted by Gasteiger charge is 2.37. The number of carbonyl (C=O) groups is 2. The Bertz CT molecular complexity index is 1170. The third-order valence-electron chi connectivity index (χ3n) is 6.66. The monoisotopic (exact) mass is 547 g/mol. The molecule has 37 heavy (non-hydrogen) atoms. The highest BCUT2D eigenvalue weighted by molar-refractivity contribution is 7.17. The fraction of sp³-hybridized carbons (Fsp3) is 0.565. The number of carbonyl (C=O) groups excluding carboxylic acids is 2. The number of halogens is 5. The average Bonchev–Trinajstić information content (AvgIpc) is 3.47. The first-order valence-corrected chi connectivity index (χ1v) is 12.6. The summed E-state index contributed by atoms with van der Waals surface area (Å²) in [7, 11) is 0. The molecule has 4 rings (SSSR count). The molecule has 1 saturated carbocycles. The molecule has 0 radical (unpaired) electrons. The minimum Gasteiger partial charge on any atom is -0.391 e. The summed E-state index contributed by atoms with van der Waals surface area (Å²) in [4.78, 5) is 35.8. The number of aromatic nitrogens is 2. The number of hydrogen-bond donors (Lipinski definition) is 3. The van der Waals surface area contributed by atoms with Crippen LogP contribution in [0.25, 0.3) is 10.4 Å². The zero-order valence-electron chi connectivity index (χ0n) is 20.0. The first-order valence-electron chi connectivity index (χ1n) is 11.8. The quantitative estimate of drug-likeness (QED) is 0.444. The lowest BCUT2D eigenvalue weighted by molar-refractivity contribution is -0.138. The molecule has 2 fully saturated rings. The van der Waals surface area contributed by atoms with Crippen LogP contribution >= 0.6 is 11.3 Å². The van der Waals surface area contributed by atoms with Crippen LogP contribution in [0.4, 0.5) is 27.8 Å². The molecule has 202 valence electrons. The minimum atomic E-state index is -4.62. The summed E-state index contributed by atoms with van der Waals surface area (Å²) in [6.45, 7) is 3.11. The number of likely N-dealkylation sites (tertiary alicyclic amines) is 1. The van der Waals surface area contributed by atoms with Gasteiger partial charge in [0.2, 0.25) is 0 Å². The number of aliphatic hydroxyl groups excluding tert-OH is 1. The minimum absolute atomic E-state index is 0.0263. The van der Waals surface area contributed by atoms with Gasteiger partial charge in [0, 0.05) is 29.9 Å². The van der Waals surface area contributed by atoms with E-state index in [1.807, 2.05) is 6.92 Å². The van der Waals surface area contributed by atoms with E-state index in [1.54, 1.807) is 4.90 Å². The molecule has 4 atom stereocenters. The number of rotatable bonds is 7. The van der Waals surface area contributed by atoms with Gasteiger partial charge in [0.1, 0.15) is 17.6 Å². The normalized spacial score (nSPS) is 22.6. The maximum atomic E-state index is 14.1. The summed E-state index contributed by atoms with van der Waals surface area (Å²) in [5.41, 5.74) is -1.05. The lowest BCUT2D eigenvalue weighted by atomic mass is 9.89. The molecule has 0 aromatic carbocycles. The van der Waals surface area contributed by atoms with E-state index >= 15 is 0 Å². The number of thiazole rings is 1. The Morgan fingerprint density at radius 2 is 1.97 bits per heavy atom. The van der Waals surface area contributed by atoms with Crippen LogP contribution in [0, 0.1) is 0 Å². The molecule has 2 amide bonds. The number of hydrogen-bond acceptors (Lipinski definition) is 7. The van der Waals surface area contributed by atoms with Gasteiger partial charge in [0.25, 0.3) is 18.2 Å². The van der Waals surface area contributed by atoms with E-state index in [0.717, 1.165) is 32.0 Å². The highest BCUT2D eigenvalue weighted by Crippen LogP contribution is 2.39. The van der Waals surface area contributed by atoms with Gasteiger partial charge in [-0.05, 0) is 45.6 Å². The maximum Gasteiger partial charge on any atom is 0.408 e. The Morgan fingerprint density at radius 3 is 2.51 bits per heavy atom. The number of aliphatic hydroxyl groups is 1. The molecule has 0 unspecified atom stereocenters. The zero-order valence-corrected chi connectivity index (χ0v) is 20.8. The Balaban J connectivity index is 1.74. The van der Waals surface area contributed by atoms with E-state index in [4.69, 9.17) is 0 Å². The third kappa shape index (κ3) is 5.69. The average molecular weight is 548 g/mol. The summed E-state index contributed by atoms with van der Waals surface area (Å²) in [6, 6.07) is -1.82. The molecule has 0 spiro atoms. The number of pyridine rings is 1. The topological polar surface area (TPSA) is 107 Å². The molecule has 2 aromatic heterocycles. The standard InChI is InChI=1S/C23H26F5N5O3S/c1-10-4-3-7-33(10)22(36)17-18(37-21(32-17)20(35)31-14-5-6-15(14)34)13-9-29-16(8-12(13)19(24)25)30-11(2)23(26,27)28/h8-11,14-15,19,34H,3-7H2,1-2H3,(H,29,30)(H,31,35)/t10-,11-,14+,15+/m0/s1. The highest BCUT2D eigenvalue weighted by atomic mass is 32.1. The Kier molecular flexibility index (Phi) is 7.70. The van der Waals surface area contributed by atoms with E-state index in [2.05, 4.69) is 20.6 Å². The number of nitrogens with zero attached hydrogens (tertiary/aromatic N) is 3. The van der Waals surface area contributed by atoms with Crippen molar-refractivity contribution < 1.29 is 36.6 Å². The molecule has 1 aliphatic carbocycles. The van der Waals surface area contributed by atoms with Crippen LogP contribution in [0.1, 0.15) is 71.8 Å². The van der Waals surface area contributed by atoms with Gasteiger partial charge in [-0.25, -0.2) is 18.7 Å². The second-order valence-electron chi connectivity index (χ2n) is 9.28. The molecular formula is C23H26F5N5O3S. The Hall–Kier alpha value is -2.87. The molecule has 0 bridgehead atoms. The molecule has 2 aliphatic rings. The Morgan fingerprint density at radius 1 is 1.24 bits per heavy atom. The fourth-order valence-corrected chi connectivity index (χ4v) is 5.21. The molecule has 3 N–H and O–H groups in total. The number of nitrogens with one attached hydrogen (secondary N) is 2. The van der Waals surface area contributed by atoms with Crippen molar-refractivity contribution >= 4 is 29.0 Å². The third-order valence-corrected chi connectivity index (χ3v) is 7.75. The fourth-order valence-electron chi connectivity index (χ4n) is 4.22. The number of anilines is 1. The van der Waals surface area contributed by atoms with E-state index in [0.29, 0.717) is 30.7 Å². The van der Waals surface area contributed by atoms with Crippen molar-refractivity contribution in [1.82, 2.24) is 20.2 Å². The van der Waals surface area contributed by atoms with Gasteiger partial charge >= 0.3 is 6.18 Å². The summed E-state index contributed by atoms with van der Waals surface area (Å²) in [5.74, 6) is -1.61. The number of amides is 2. The lowest BCUT2D eigenvalue weighted by Gasteiger charge is -2.32. The smallest absolute Gasteiger partial charge is 0.391 e. The molecule has 8 nitrogen and oxygen atoms in total. The van der Waals surface area contributed by atoms with Gasteiger partial charge in [-0.15, -0.1) is 11.3 Å². The van der Waals surface area contributed by atoms with Crippen LogP contribution in [0.3, 0.4) is 0 Å². The van der Waals surface area contributed by atoms with Gasteiger partial charge in [-0.3, -0.25) is 9.59 Å². The summed E-state index contributed by atoms with van der Waals surface area (Å²) < 4.78 is 67.0. The summed E-state index contributed by atoms with van der Waals surface area (Å²) >= 11 is 0.716. The van der Waals surface area contributed by atoms with Crippen LogP contribution in [-0.2, 0) is 0 Å². The molecule has 14 heteroatoms. The molecule has 1 aliphatic heterocycles. The molecule has 2 aromatic rings. The van der Waals surface area contributed by atoms with Gasteiger partial charge in [-0.1, -0.05) is 0 Å². The predicted molar refractivity (Wildman–Crippen MR) is 126 cm³/mol. The second-order valence-corrected chi connectivity index (χ2v) is 10.3. The van der Waals surface area contributed by atoms with E-state index < -0.39 is 54.0 Å². The van der Waals surface area contributed by atoms with Crippen LogP contribution in [-0.4, -0.2) is 68.7 Å². The second kappa shape index (κ2) is 10.5.